The van der Waals surface area contributed by atoms with Gasteiger partial charge in [-0.2, -0.15) is 0 Å². The van der Waals surface area contributed by atoms with Crippen LogP contribution in [0, 0.1) is 5.82 Å². The molecule has 4 heteroatoms. The lowest BCUT2D eigenvalue weighted by Gasteiger charge is -2.00. The molecule has 1 N–H and O–H groups in total. The first kappa shape index (κ1) is 8.74. The van der Waals surface area contributed by atoms with Gasteiger partial charge in [-0.05, 0) is 12.1 Å². The van der Waals surface area contributed by atoms with Crippen LogP contribution in [-0.4, -0.2) is 18.4 Å². The van der Waals surface area contributed by atoms with Gasteiger partial charge >= 0.3 is 0 Å². The number of benzene rings is 1. The number of H-pyrrole nitrogens is 1. The predicted octanol–water partition coefficient (Wildman–Crippen LogP) is 2.13. The molecule has 14 heavy (non-hydrogen) atoms. The molecule has 0 saturated heterocycles. The number of hydrogen-bond acceptors (Lipinski definition) is 2. The van der Waals surface area contributed by atoms with Crippen molar-refractivity contribution in [2.24, 2.45) is 0 Å². The summed E-state index contributed by atoms with van der Waals surface area (Å²) in [5, 5.41) is 0.658. The summed E-state index contributed by atoms with van der Waals surface area (Å²) in [6, 6.07) is 4.44. The van der Waals surface area contributed by atoms with Crippen molar-refractivity contribution >= 4 is 17.2 Å². The van der Waals surface area contributed by atoms with Crippen molar-refractivity contribution in [2.45, 2.75) is 0 Å². The molecule has 2 aromatic rings. The number of aromatic nitrogens is 1. The Morgan fingerprint density at radius 3 is 2.86 bits per heavy atom. The Bertz CT molecular complexity index is 490. The monoisotopic (exact) mass is 193 g/mol. The standard InChI is InChI=1S/C10H8FNO2/c1-14-10-4-9-6(3-8(10)11)2-7(5-13)12-9/h2-5,12H,1H3. The molecule has 0 aliphatic rings. The van der Waals surface area contributed by atoms with E-state index < -0.39 is 5.82 Å². The van der Waals surface area contributed by atoms with Gasteiger partial charge in [-0.3, -0.25) is 4.79 Å². The molecule has 0 atom stereocenters. The summed E-state index contributed by atoms with van der Waals surface area (Å²) in [7, 11) is 1.40. The summed E-state index contributed by atoms with van der Waals surface area (Å²) in [4.78, 5) is 13.3. The molecule has 0 amide bonds. The van der Waals surface area contributed by atoms with Gasteiger partial charge in [-0.1, -0.05) is 0 Å². The van der Waals surface area contributed by atoms with Crippen LogP contribution < -0.4 is 4.74 Å². The Hall–Kier alpha value is -1.84. The molecule has 0 unspecified atom stereocenters. The number of aldehydes is 1. The second kappa shape index (κ2) is 3.14. The quantitative estimate of drug-likeness (QED) is 0.742. The Morgan fingerprint density at radius 1 is 1.43 bits per heavy atom. The highest BCUT2D eigenvalue weighted by molar-refractivity contribution is 5.88. The summed E-state index contributed by atoms with van der Waals surface area (Å²) >= 11 is 0. The van der Waals surface area contributed by atoms with Crippen LogP contribution in [0.5, 0.6) is 5.75 Å². The summed E-state index contributed by atoms with van der Waals surface area (Å²) < 4.78 is 18.0. The van der Waals surface area contributed by atoms with Gasteiger partial charge < -0.3 is 9.72 Å². The predicted molar refractivity (Wildman–Crippen MR) is 50.2 cm³/mol. The molecule has 3 nitrogen and oxygen atoms in total. The SMILES string of the molecule is COc1cc2[nH]c(C=O)cc2cc1F. The number of aromatic amines is 1. The van der Waals surface area contributed by atoms with Crippen molar-refractivity contribution in [3.63, 3.8) is 0 Å². The first-order valence-corrected chi connectivity index (χ1v) is 4.06. The van der Waals surface area contributed by atoms with Crippen LogP contribution in [0.1, 0.15) is 10.5 Å². The second-order valence-electron chi connectivity index (χ2n) is 2.92. The minimum Gasteiger partial charge on any atom is -0.494 e. The third kappa shape index (κ3) is 1.25. The van der Waals surface area contributed by atoms with Crippen molar-refractivity contribution < 1.29 is 13.9 Å². The normalized spacial score (nSPS) is 10.4. The molecular weight excluding hydrogens is 185 g/mol. The van der Waals surface area contributed by atoms with E-state index in [0.717, 1.165) is 0 Å². The Kier molecular flexibility index (Phi) is 1.96. The molecule has 0 bridgehead atoms. The molecule has 0 fully saturated rings. The van der Waals surface area contributed by atoms with Crippen LogP contribution >= 0.6 is 0 Å². The van der Waals surface area contributed by atoms with E-state index in [9.17, 15) is 9.18 Å². The number of carbonyl (C=O) groups is 1. The number of rotatable bonds is 2. The highest BCUT2D eigenvalue weighted by Crippen LogP contribution is 2.24. The van der Waals surface area contributed by atoms with Crippen molar-refractivity contribution in [3.8, 4) is 5.75 Å². The van der Waals surface area contributed by atoms with E-state index in [1.807, 2.05) is 0 Å². The summed E-state index contributed by atoms with van der Waals surface area (Å²) in [6.07, 6.45) is 0.685. The molecule has 1 heterocycles. The molecular formula is C10H8FNO2. The smallest absolute Gasteiger partial charge is 0.166 e. The number of carbonyl (C=O) groups excluding carboxylic acids is 1. The molecule has 1 aromatic heterocycles. The van der Waals surface area contributed by atoms with E-state index >= 15 is 0 Å². The molecule has 72 valence electrons. The van der Waals surface area contributed by atoms with Gasteiger partial charge in [-0.15, -0.1) is 0 Å². The second-order valence-corrected chi connectivity index (χ2v) is 2.92. The number of hydrogen-bond donors (Lipinski definition) is 1. The van der Waals surface area contributed by atoms with Crippen LogP contribution in [0.3, 0.4) is 0 Å². The number of ether oxygens (including phenoxy) is 1. The van der Waals surface area contributed by atoms with Gasteiger partial charge in [0.25, 0.3) is 0 Å². The number of fused-ring (bicyclic) bond motifs is 1. The van der Waals surface area contributed by atoms with Gasteiger partial charge in [0.15, 0.2) is 17.9 Å². The largest absolute Gasteiger partial charge is 0.494 e. The fourth-order valence-electron chi connectivity index (χ4n) is 1.38. The van der Waals surface area contributed by atoms with Gasteiger partial charge in [0, 0.05) is 17.0 Å². The minimum atomic E-state index is -0.434. The molecule has 0 saturated carbocycles. The lowest BCUT2D eigenvalue weighted by atomic mass is 10.2. The van der Waals surface area contributed by atoms with Crippen LogP contribution in [-0.2, 0) is 0 Å². The zero-order valence-electron chi connectivity index (χ0n) is 7.50. The first-order valence-electron chi connectivity index (χ1n) is 4.06. The Morgan fingerprint density at radius 2 is 2.21 bits per heavy atom. The minimum absolute atomic E-state index is 0.164. The van der Waals surface area contributed by atoms with Crippen LogP contribution in [0.25, 0.3) is 10.9 Å². The number of methoxy groups -OCH3 is 1. The van der Waals surface area contributed by atoms with E-state index in [1.54, 1.807) is 6.07 Å². The molecule has 2 rings (SSSR count). The maximum atomic E-state index is 13.2. The molecule has 0 aliphatic heterocycles. The highest BCUT2D eigenvalue weighted by atomic mass is 19.1. The summed E-state index contributed by atoms with van der Waals surface area (Å²) in [5.41, 5.74) is 1.11. The van der Waals surface area contributed by atoms with E-state index in [2.05, 4.69) is 4.98 Å². The summed E-state index contributed by atoms with van der Waals surface area (Å²) in [5.74, 6) is -0.270. The lowest BCUT2D eigenvalue weighted by Crippen LogP contribution is -1.87. The zero-order chi connectivity index (χ0) is 10.1. The maximum absolute atomic E-state index is 13.2. The molecule has 0 aliphatic carbocycles. The average Bonchev–Trinajstić information content (AvgIpc) is 2.58. The van der Waals surface area contributed by atoms with Crippen molar-refractivity contribution in [2.75, 3.05) is 7.11 Å². The van der Waals surface area contributed by atoms with Gasteiger partial charge in [0.05, 0.1) is 12.8 Å². The molecule has 0 spiro atoms. The van der Waals surface area contributed by atoms with Crippen LogP contribution in [0.2, 0.25) is 0 Å². The Balaban J connectivity index is 2.69. The number of halogens is 1. The van der Waals surface area contributed by atoms with Gasteiger partial charge in [0.1, 0.15) is 0 Å². The van der Waals surface area contributed by atoms with E-state index in [4.69, 9.17) is 4.74 Å². The van der Waals surface area contributed by atoms with Crippen LogP contribution in [0.4, 0.5) is 4.39 Å². The highest BCUT2D eigenvalue weighted by Gasteiger charge is 2.06. The first-order chi connectivity index (χ1) is 6.74. The van der Waals surface area contributed by atoms with E-state index in [1.165, 1.54) is 19.2 Å². The molecule has 1 aromatic carbocycles. The Labute approximate surface area is 79.5 Å². The van der Waals surface area contributed by atoms with E-state index in [-0.39, 0.29) is 5.75 Å². The van der Waals surface area contributed by atoms with Crippen LogP contribution in [0.15, 0.2) is 18.2 Å². The zero-order valence-corrected chi connectivity index (χ0v) is 7.50. The summed E-state index contributed by atoms with van der Waals surface area (Å²) in [6.45, 7) is 0. The number of nitrogens with one attached hydrogen (secondary N) is 1. The third-order valence-electron chi connectivity index (χ3n) is 2.04. The molecule has 0 radical (unpaired) electrons. The topological polar surface area (TPSA) is 42.1 Å². The average molecular weight is 193 g/mol. The third-order valence-corrected chi connectivity index (χ3v) is 2.04. The van der Waals surface area contributed by atoms with Crippen molar-refractivity contribution in [1.29, 1.82) is 0 Å². The van der Waals surface area contributed by atoms with Crippen molar-refractivity contribution in [1.82, 2.24) is 4.98 Å². The maximum Gasteiger partial charge on any atom is 0.166 e. The van der Waals surface area contributed by atoms with Crippen molar-refractivity contribution in [3.05, 3.63) is 29.7 Å². The fraction of sp³-hybridized carbons (Fsp3) is 0.100. The van der Waals surface area contributed by atoms with E-state index in [0.29, 0.717) is 22.9 Å². The fourth-order valence-corrected chi connectivity index (χ4v) is 1.38. The van der Waals surface area contributed by atoms with Gasteiger partial charge in [-0.25, -0.2) is 4.39 Å². The lowest BCUT2D eigenvalue weighted by molar-refractivity contribution is 0.112. The van der Waals surface area contributed by atoms with Gasteiger partial charge in [0.2, 0.25) is 0 Å².